The maximum Gasteiger partial charge on any atom is 0.216 e. The molecule has 0 radical (unpaired) electrons. The lowest BCUT2D eigenvalue weighted by Gasteiger charge is -2.17. The van der Waals surface area contributed by atoms with Crippen LogP contribution in [0.2, 0.25) is 5.02 Å². The predicted octanol–water partition coefficient (Wildman–Crippen LogP) is 3.68. The molecule has 1 atom stereocenters. The number of hydrogen-bond donors (Lipinski definition) is 1. The van der Waals surface area contributed by atoms with Crippen molar-refractivity contribution in [2.24, 2.45) is 0 Å². The molecular weight excluding hydrogens is 369 g/mol. The molecule has 0 aromatic heterocycles. The van der Waals surface area contributed by atoms with Crippen LogP contribution in [0.15, 0.2) is 36.4 Å². The van der Waals surface area contributed by atoms with Gasteiger partial charge in [-0.15, -0.1) is 0 Å². The Morgan fingerprint density at radius 1 is 1.16 bits per heavy atom. The van der Waals surface area contributed by atoms with E-state index < -0.39 is 27.6 Å². The molecule has 0 spiro atoms. The molecule has 2 aromatic carbocycles. The van der Waals surface area contributed by atoms with Gasteiger partial charge in [-0.25, -0.2) is 17.5 Å². The number of sulfonamides is 1. The fourth-order valence-corrected chi connectivity index (χ4v) is 4.10. The zero-order valence-electron chi connectivity index (χ0n) is 14.0. The van der Waals surface area contributed by atoms with Crippen LogP contribution in [0.1, 0.15) is 24.1 Å². The highest BCUT2D eigenvalue weighted by Gasteiger charge is 2.21. The summed E-state index contributed by atoms with van der Waals surface area (Å²) >= 11 is 5.90. The molecule has 0 bridgehead atoms. The third kappa shape index (κ3) is 4.84. The predicted molar refractivity (Wildman–Crippen MR) is 95.1 cm³/mol. The van der Waals surface area contributed by atoms with Gasteiger partial charge < -0.3 is 9.47 Å². The second-order valence-electron chi connectivity index (χ2n) is 5.41. The smallest absolute Gasteiger partial charge is 0.216 e. The molecule has 0 aliphatic heterocycles. The van der Waals surface area contributed by atoms with Crippen LogP contribution >= 0.6 is 11.6 Å². The van der Waals surface area contributed by atoms with Gasteiger partial charge in [0.25, 0.3) is 0 Å². The Labute approximate surface area is 151 Å². The summed E-state index contributed by atoms with van der Waals surface area (Å²) in [7, 11) is -0.796. The molecule has 0 saturated heterocycles. The zero-order valence-corrected chi connectivity index (χ0v) is 15.6. The highest BCUT2D eigenvalue weighted by Crippen LogP contribution is 2.30. The fourth-order valence-electron chi connectivity index (χ4n) is 2.36. The van der Waals surface area contributed by atoms with Crippen LogP contribution in [0, 0.1) is 5.82 Å². The first-order chi connectivity index (χ1) is 11.8. The van der Waals surface area contributed by atoms with Gasteiger partial charge in [0.05, 0.1) is 20.0 Å². The van der Waals surface area contributed by atoms with Crippen LogP contribution in [0.25, 0.3) is 0 Å². The first-order valence-electron chi connectivity index (χ1n) is 7.42. The normalized spacial score (nSPS) is 12.7. The van der Waals surface area contributed by atoms with Crippen LogP contribution in [-0.4, -0.2) is 22.6 Å². The SMILES string of the molecule is COc1ccc([C@H](C)NS(=O)(=O)Cc2c(F)cccc2Cl)cc1OC. The third-order valence-electron chi connectivity index (χ3n) is 3.66. The van der Waals surface area contributed by atoms with Crippen molar-refractivity contribution in [3.8, 4) is 11.5 Å². The van der Waals surface area contributed by atoms with Crippen LogP contribution < -0.4 is 14.2 Å². The number of benzene rings is 2. The molecule has 136 valence electrons. The first kappa shape index (κ1) is 19.5. The van der Waals surface area contributed by atoms with Crippen LogP contribution in [0.5, 0.6) is 11.5 Å². The van der Waals surface area contributed by atoms with E-state index in [4.69, 9.17) is 21.1 Å². The van der Waals surface area contributed by atoms with E-state index in [0.717, 1.165) is 0 Å². The van der Waals surface area contributed by atoms with E-state index in [9.17, 15) is 12.8 Å². The summed E-state index contributed by atoms with van der Waals surface area (Å²) in [6.45, 7) is 1.68. The van der Waals surface area contributed by atoms with Gasteiger partial charge in [-0.2, -0.15) is 0 Å². The average Bonchev–Trinajstić information content (AvgIpc) is 2.57. The lowest BCUT2D eigenvalue weighted by Crippen LogP contribution is -2.28. The number of nitrogens with one attached hydrogen (secondary N) is 1. The molecule has 0 aliphatic rings. The van der Waals surface area contributed by atoms with Gasteiger partial charge in [-0.1, -0.05) is 23.7 Å². The summed E-state index contributed by atoms with van der Waals surface area (Å²) in [5.41, 5.74) is 0.622. The minimum Gasteiger partial charge on any atom is -0.493 e. The van der Waals surface area contributed by atoms with Crippen molar-refractivity contribution in [1.29, 1.82) is 0 Å². The molecule has 0 saturated carbocycles. The monoisotopic (exact) mass is 387 g/mol. The Morgan fingerprint density at radius 3 is 2.44 bits per heavy atom. The average molecular weight is 388 g/mol. The third-order valence-corrected chi connectivity index (χ3v) is 5.40. The largest absolute Gasteiger partial charge is 0.493 e. The molecule has 2 aromatic rings. The second kappa shape index (κ2) is 8.03. The first-order valence-corrected chi connectivity index (χ1v) is 9.45. The van der Waals surface area contributed by atoms with E-state index in [1.54, 1.807) is 25.1 Å². The van der Waals surface area contributed by atoms with Crippen molar-refractivity contribution in [2.75, 3.05) is 14.2 Å². The molecule has 2 rings (SSSR count). The van der Waals surface area contributed by atoms with E-state index in [1.165, 1.54) is 32.4 Å². The van der Waals surface area contributed by atoms with Gasteiger partial charge in [0.15, 0.2) is 11.5 Å². The minimum atomic E-state index is -3.81. The van der Waals surface area contributed by atoms with Crippen molar-refractivity contribution < 1.29 is 22.3 Å². The van der Waals surface area contributed by atoms with E-state index in [1.807, 2.05) is 0 Å². The van der Waals surface area contributed by atoms with Gasteiger partial charge in [0, 0.05) is 16.6 Å². The number of halogens is 2. The zero-order chi connectivity index (χ0) is 18.6. The molecule has 0 fully saturated rings. The van der Waals surface area contributed by atoms with E-state index >= 15 is 0 Å². The lowest BCUT2D eigenvalue weighted by molar-refractivity contribution is 0.354. The van der Waals surface area contributed by atoms with Crippen molar-refractivity contribution in [2.45, 2.75) is 18.7 Å². The standard InChI is InChI=1S/C17H19ClFNO4S/c1-11(12-7-8-16(23-2)17(9-12)24-3)20-25(21,22)10-13-14(18)5-4-6-15(13)19/h4-9,11,20H,10H2,1-3H3/t11-/m0/s1. The van der Waals surface area contributed by atoms with Gasteiger partial charge in [-0.3, -0.25) is 0 Å². The van der Waals surface area contributed by atoms with Crippen molar-refractivity contribution in [1.82, 2.24) is 4.72 Å². The Morgan fingerprint density at radius 2 is 1.84 bits per heavy atom. The van der Waals surface area contributed by atoms with E-state index in [2.05, 4.69) is 4.72 Å². The van der Waals surface area contributed by atoms with Gasteiger partial charge >= 0.3 is 0 Å². The maximum atomic E-state index is 13.8. The van der Waals surface area contributed by atoms with E-state index in [-0.39, 0.29) is 10.6 Å². The van der Waals surface area contributed by atoms with Crippen LogP contribution in [-0.2, 0) is 15.8 Å². The summed E-state index contributed by atoms with van der Waals surface area (Å²) in [5.74, 6) is -0.171. The van der Waals surface area contributed by atoms with Crippen LogP contribution in [0.3, 0.4) is 0 Å². The van der Waals surface area contributed by atoms with Crippen LogP contribution in [0.4, 0.5) is 4.39 Å². The molecule has 5 nitrogen and oxygen atoms in total. The quantitative estimate of drug-likeness (QED) is 0.787. The summed E-state index contributed by atoms with van der Waals surface area (Å²) in [6, 6.07) is 8.60. The number of methoxy groups -OCH3 is 2. The number of ether oxygens (including phenoxy) is 2. The lowest BCUT2D eigenvalue weighted by atomic mass is 10.1. The van der Waals surface area contributed by atoms with E-state index in [0.29, 0.717) is 17.1 Å². The highest BCUT2D eigenvalue weighted by atomic mass is 35.5. The van der Waals surface area contributed by atoms with Gasteiger partial charge in [-0.05, 0) is 36.8 Å². The Balaban J connectivity index is 2.20. The molecule has 0 aliphatic carbocycles. The summed E-state index contributed by atoms with van der Waals surface area (Å²) in [5, 5.41) is 0.0733. The topological polar surface area (TPSA) is 64.6 Å². The summed E-state index contributed by atoms with van der Waals surface area (Å²) in [6.07, 6.45) is 0. The molecular formula is C17H19ClFNO4S. The molecule has 0 amide bonds. The van der Waals surface area contributed by atoms with Crippen molar-refractivity contribution in [3.05, 3.63) is 58.4 Å². The Hall–Kier alpha value is -1.83. The molecule has 8 heteroatoms. The molecule has 25 heavy (non-hydrogen) atoms. The van der Waals surface area contributed by atoms with Gasteiger partial charge in [0.2, 0.25) is 10.0 Å². The summed E-state index contributed by atoms with van der Waals surface area (Å²) in [4.78, 5) is 0. The highest BCUT2D eigenvalue weighted by molar-refractivity contribution is 7.88. The number of hydrogen-bond acceptors (Lipinski definition) is 4. The van der Waals surface area contributed by atoms with Gasteiger partial charge in [0.1, 0.15) is 5.82 Å². The number of rotatable bonds is 7. The minimum absolute atomic E-state index is 0.0591. The Bertz CT molecular complexity index is 837. The fraction of sp³-hybridized carbons (Fsp3) is 0.294. The second-order valence-corrected chi connectivity index (χ2v) is 7.57. The Kier molecular flexibility index (Phi) is 6.26. The molecule has 0 unspecified atom stereocenters. The molecule has 1 N–H and O–H groups in total. The summed E-state index contributed by atoms with van der Waals surface area (Å²) < 4.78 is 51.4. The molecule has 0 heterocycles. The van der Waals surface area contributed by atoms with Crippen molar-refractivity contribution >= 4 is 21.6 Å². The maximum absolute atomic E-state index is 13.8. The van der Waals surface area contributed by atoms with Crippen molar-refractivity contribution in [3.63, 3.8) is 0 Å².